The molecule has 2 amide bonds. The number of nitrogens with two attached hydrogens (primary N) is 1. The average molecular weight is 204 g/mol. The van der Waals surface area contributed by atoms with Gasteiger partial charge in [0.1, 0.15) is 0 Å². The van der Waals surface area contributed by atoms with Crippen LogP contribution in [0.15, 0.2) is 24.3 Å². The summed E-state index contributed by atoms with van der Waals surface area (Å²) in [7, 11) is 0. The van der Waals surface area contributed by atoms with E-state index in [1.807, 2.05) is 0 Å². The molecular weight excluding hydrogens is 192 g/mol. The zero-order chi connectivity index (χ0) is 10.8. The van der Waals surface area contributed by atoms with Crippen LogP contribution in [0.4, 0.5) is 0 Å². The van der Waals surface area contributed by atoms with E-state index in [9.17, 15) is 9.59 Å². The molecule has 15 heavy (non-hydrogen) atoms. The maximum Gasteiger partial charge on any atom is 0.251 e. The van der Waals surface area contributed by atoms with Crippen LogP contribution in [0.3, 0.4) is 0 Å². The van der Waals surface area contributed by atoms with E-state index >= 15 is 0 Å². The van der Waals surface area contributed by atoms with Crippen LogP contribution in [0.1, 0.15) is 33.6 Å². The van der Waals surface area contributed by atoms with Gasteiger partial charge in [0.15, 0.2) is 0 Å². The molecule has 0 bridgehead atoms. The van der Waals surface area contributed by atoms with E-state index in [-0.39, 0.29) is 5.91 Å². The highest BCUT2D eigenvalue weighted by Gasteiger charge is 2.23. The monoisotopic (exact) mass is 204 g/mol. The Labute approximate surface area is 87.5 Å². The highest BCUT2D eigenvalue weighted by Crippen LogP contribution is 2.19. The number of hydrogen-bond acceptors (Lipinski definition) is 2. The van der Waals surface area contributed by atoms with Crippen LogP contribution < -0.4 is 11.1 Å². The molecule has 1 fully saturated rings. The van der Waals surface area contributed by atoms with E-state index in [2.05, 4.69) is 5.32 Å². The van der Waals surface area contributed by atoms with Gasteiger partial charge < -0.3 is 11.1 Å². The minimum atomic E-state index is -0.482. The molecule has 4 heteroatoms. The predicted octanol–water partition coefficient (Wildman–Crippen LogP) is 0.678. The van der Waals surface area contributed by atoms with E-state index in [1.54, 1.807) is 24.3 Å². The molecule has 1 aliphatic carbocycles. The zero-order valence-electron chi connectivity index (χ0n) is 8.19. The second-order valence-electron chi connectivity index (χ2n) is 3.69. The Morgan fingerprint density at radius 3 is 2.13 bits per heavy atom. The van der Waals surface area contributed by atoms with Crippen LogP contribution in [0.2, 0.25) is 0 Å². The molecule has 0 atom stereocenters. The summed E-state index contributed by atoms with van der Waals surface area (Å²) in [4.78, 5) is 22.3. The van der Waals surface area contributed by atoms with Crippen molar-refractivity contribution in [2.45, 2.75) is 18.9 Å². The van der Waals surface area contributed by atoms with Gasteiger partial charge in [0, 0.05) is 17.2 Å². The SMILES string of the molecule is NC(=O)c1ccc(C(=O)NC2CC2)cc1. The largest absolute Gasteiger partial charge is 0.366 e. The van der Waals surface area contributed by atoms with E-state index < -0.39 is 5.91 Å². The maximum atomic E-state index is 11.5. The lowest BCUT2D eigenvalue weighted by Crippen LogP contribution is -2.25. The summed E-state index contributed by atoms with van der Waals surface area (Å²) < 4.78 is 0. The van der Waals surface area contributed by atoms with E-state index in [0.717, 1.165) is 12.8 Å². The summed E-state index contributed by atoms with van der Waals surface area (Å²) in [5, 5.41) is 2.86. The minimum absolute atomic E-state index is 0.0893. The number of amides is 2. The van der Waals surface area contributed by atoms with Crippen molar-refractivity contribution < 1.29 is 9.59 Å². The molecule has 0 aliphatic heterocycles. The van der Waals surface area contributed by atoms with Crippen molar-refractivity contribution >= 4 is 11.8 Å². The average Bonchev–Trinajstić information content (AvgIpc) is 3.02. The molecule has 1 saturated carbocycles. The Morgan fingerprint density at radius 1 is 1.13 bits per heavy atom. The van der Waals surface area contributed by atoms with Gasteiger partial charge in [-0.3, -0.25) is 9.59 Å². The molecule has 78 valence electrons. The van der Waals surface area contributed by atoms with Crippen LogP contribution in [0, 0.1) is 0 Å². The highest BCUT2D eigenvalue weighted by atomic mass is 16.2. The van der Waals surface area contributed by atoms with Gasteiger partial charge in [-0.05, 0) is 37.1 Å². The molecule has 2 rings (SSSR count). The summed E-state index contributed by atoms with van der Waals surface area (Å²) in [6.45, 7) is 0. The first-order chi connectivity index (χ1) is 7.16. The van der Waals surface area contributed by atoms with Gasteiger partial charge in [0.2, 0.25) is 5.91 Å². The van der Waals surface area contributed by atoms with Gasteiger partial charge in [-0.25, -0.2) is 0 Å². The van der Waals surface area contributed by atoms with Crippen molar-refractivity contribution in [3.63, 3.8) is 0 Å². The number of primary amides is 1. The van der Waals surface area contributed by atoms with Gasteiger partial charge in [0.25, 0.3) is 5.91 Å². The van der Waals surface area contributed by atoms with Crippen LogP contribution in [0.5, 0.6) is 0 Å². The highest BCUT2D eigenvalue weighted by molar-refractivity contribution is 5.97. The molecule has 0 unspecified atom stereocenters. The fourth-order valence-electron chi connectivity index (χ4n) is 1.28. The maximum absolute atomic E-state index is 11.5. The Morgan fingerprint density at radius 2 is 1.67 bits per heavy atom. The molecule has 4 nitrogen and oxygen atoms in total. The number of carbonyl (C=O) groups is 2. The Balaban J connectivity index is 2.08. The molecule has 0 saturated heterocycles. The molecule has 0 spiro atoms. The smallest absolute Gasteiger partial charge is 0.251 e. The Kier molecular flexibility index (Phi) is 2.41. The number of hydrogen-bond donors (Lipinski definition) is 2. The van der Waals surface area contributed by atoms with Gasteiger partial charge >= 0.3 is 0 Å². The second-order valence-corrected chi connectivity index (χ2v) is 3.69. The lowest BCUT2D eigenvalue weighted by molar-refractivity contribution is 0.0948. The Bertz CT molecular complexity index is 394. The third-order valence-electron chi connectivity index (χ3n) is 2.34. The summed E-state index contributed by atoms with van der Waals surface area (Å²) in [5.74, 6) is -0.572. The number of carbonyl (C=O) groups excluding carboxylic acids is 2. The number of rotatable bonds is 3. The third kappa shape index (κ3) is 2.34. The summed E-state index contributed by atoms with van der Waals surface area (Å²) in [5.41, 5.74) is 6.07. The van der Waals surface area contributed by atoms with Crippen molar-refractivity contribution in [1.82, 2.24) is 5.32 Å². The normalized spacial score (nSPS) is 14.7. The van der Waals surface area contributed by atoms with Crippen LogP contribution in [-0.4, -0.2) is 17.9 Å². The molecule has 0 aromatic heterocycles. The lowest BCUT2D eigenvalue weighted by atomic mass is 10.1. The predicted molar refractivity (Wildman–Crippen MR) is 55.4 cm³/mol. The van der Waals surface area contributed by atoms with Gasteiger partial charge in [-0.1, -0.05) is 0 Å². The van der Waals surface area contributed by atoms with E-state index in [1.165, 1.54) is 0 Å². The molecule has 1 aromatic carbocycles. The first kappa shape index (κ1) is 9.71. The summed E-state index contributed by atoms with van der Waals surface area (Å²) >= 11 is 0. The molecular formula is C11H12N2O2. The third-order valence-corrected chi connectivity index (χ3v) is 2.34. The van der Waals surface area contributed by atoms with Crippen LogP contribution in [0.25, 0.3) is 0 Å². The van der Waals surface area contributed by atoms with Gasteiger partial charge in [-0.15, -0.1) is 0 Å². The first-order valence-electron chi connectivity index (χ1n) is 4.87. The zero-order valence-corrected chi connectivity index (χ0v) is 8.19. The fraction of sp³-hybridized carbons (Fsp3) is 0.273. The molecule has 1 aromatic rings. The molecule has 3 N–H and O–H groups in total. The van der Waals surface area contributed by atoms with Crippen LogP contribution in [-0.2, 0) is 0 Å². The lowest BCUT2D eigenvalue weighted by Gasteiger charge is -2.03. The first-order valence-corrected chi connectivity index (χ1v) is 4.87. The fourth-order valence-corrected chi connectivity index (χ4v) is 1.28. The van der Waals surface area contributed by atoms with Gasteiger partial charge in [0.05, 0.1) is 0 Å². The van der Waals surface area contributed by atoms with Crippen molar-refractivity contribution in [1.29, 1.82) is 0 Å². The summed E-state index contributed by atoms with van der Waals surface area (Å²) in [6, 6.07) is 6.68. The Hall–Kier alpha value is -1.84. The summed E-state index contributed by atoms with van der Waals surface area (Å²) in [6.07, 6.45) is 2.12. The van der Waals surface area contributed by atoms with E-state index in [0.29, 0.717) is 17.2 Å². The van der Waals surface area contributed by atoms with Crippen molar-refractivity contribution in [2.24, 2.45) is 5.73 Å². The van der Waals surface area contributed by atoms with Crippen molar-refractivity contribution in [2.75, 3.05) is 0 Å². The van der Waals surface area contributed by atoms with Gasteiger partial charge in [-0.2, -0.15) is 0 Å². The molecule has 0 heterocycles. The second kappa shape index (κ2) is 3.73. The van der Waals surface area contributed by atoms with Crippen molar-refractivity contribution in [3.8, 4) is 0 Å². The minimum Gasteiger partial charge on any atom is -0.366 e. The standard InChI is InChI=1S/C11H12N2O2/c12-10(14)7-1-3-8(4-2-7)11(15)13-9-5-6-9/h1-4,9H,5-6H2,(H2,12,14)(H,13,15). The molecule has 1 aliphatic rings. The number of benzene rings is 1. The quantitative estimate of drug-likeness (QED) is 0.759. The number of nitrogens with one attached hydrogen (secondary N) is 1. The molecule has 0 radical (unpaired) electrons. The van der Waals surface area contributed by atoms with E-state index in [4.69, 9.17) is 5.73 Å². The topological polar surface area (TPSA) is 72.2 Å². The van der Waals surface area contributed by atoms with Crippen LogP contribution >= 0.6 is 0 Å². The van der Waals surface area contributed by atoms with Crippen molar-refractivity contribution in [3.05, 3.63) is 35.4 Å².